The first-order valence-corrected chi connectivity index (χ1v) is 16.3. The number of unbranched alkanes of at least 4 members (excludes halogenated alkanes) is 3. The van der Waals surface area contributed by atoms with Gasteiger partial charge in [-0.2, -0.15) is 0 Å². The molecule has 1 rings (SSSR count). The zero-order chi connectivity index (χ0) is 14.8. The Bertz CT molecular complexity index is 405. The van der Waals surface area contributed by atoms with Gasteiger partial charge in [0.2, 0.25) is 0 Å². The predicted molar refractivity (Wildman–Crippen MR) is 96.2 cm³/mol. The van der Waals surface area contributed by atoms with Crippen LogP contribution in [0.15, 0.2) is 18.2 Å². The number of hydrogen-bond acceptors (Lipinski definition) is 1. The van der Waals surface area contributed by atoms with Crippen LogP contribution in [0.1, 0.15) is 59.3 Å². The van der Waals surface area contributed by atoms with Crippen molar-refractivity contribution < 1.29 is 0 Å². The molecule has 1 heterocycles. The number of pyridine rings is 1. The van der Waals surface area contributed by atoms with Crippen molar-refractivity contribution in [2.24, 2.45) is 0 Å². The van der Waals surface area contributed by atoms with Gasteiger partial charge in [-0.3, -0.25) is 0 Å². The molecule has 1 nitrogen and oxygen atoms in total. The molecule has 0 saturated carbocycles. The van der Waals surface area contributed by atoms with E-state index in [1.54, 1.807) is 3.71 Å². The van der Waals surface area contributed by atoms with E-state index in [9.17, 15) is 0 Å². The van der Waals surface area contributed by atoms with Crippen LogP contribution in [-0.4, -0.2) is 23.4 Å². The Balaban J connectivity index is 3.07. The third-order valence-electron chi connectivity index (χ3n) is 4.37. The maximum atomic E-state index is 5.38. The summed E-state index contributed by atoms with van der Waals surface area (Å²) in [7, 11) is 0. The number of hydrogen-bond donors (Lipinski definition) is 1. The minimum absolute atomic E-state index is 0.924. The van der Waals surface area contributed by atoms with E-state index in [2.05, 4.69) is 37.9 Å². The van der Waals surface area contributed by atoms with Gasteiger partial charge >= 0.3 is 135 Å². The van der Waals surface area contributed by atoms with E-state index >= 15 is 0 Å². The van der Waals surface area contributed by atoms with E-state index in [0.717, 1.165) is 4.64 Å². The van der Waals surface area contributed by atoms with Crippen LogP contribution in [0.3, 0.4) is 0 Å². The number of rotatable bonds is 10. The summed E-state index contributed by atoms with van der Waals surface area (Å²) in [5.41, 5.74) is 0. The molecule has 0 aliphatic carbocycles. The Labute approximate surface area is 134 Å². The Morgan fingerprint density at radius 1 is 0.900 bits per heavy atom. The van der Waals surface area contributed by atoms with Gasteiger partial charge in [-0.1, -0.05) is 0 Å². The van der Waals surface area contributed by atoms with E-state index in [1.165, 1.54) is 51.8 Å². The summed E-state index contributed by atoms with van der Waals surface area (Å²) in [6, 6.07) is 6.55. The molecule has 0 bridgehead atoms. The van der Waals surface area contributed by atoms with Gasteiger partial charge in [-0.25, -0.2) is 0 Å². The maximum absolute atomic E-state index is 5.38. The van der Waals surface area contributed by atoms with Crippen LogP contribution in [0, 0.1) is 4.64 Å². The Morgan fingerprint density at radius 2 is 1.40 bits per heavy atom. The van der Waals surface area contributed by atoms with Gasteiger partial charge in [0, 0.05) is 0 Å². The molecule has 0 amide bonds. The molecule has 0 atom stereocenters. The first-order chi connectivity index (χ1) is 9.68. The fourth-order valence-corrected chi connectivity index (χ4v) is 19.2. The summed E-state index contributed by atoms with van der Waals surface area (Å²) in [6.07, 6.45) is 8.18. The molecule has 0 fully saturated rings. The van der Waals surface area contributed by atoms with Gasteiger partial charge in [0.05, 0.1) is 0 Å². The van der Waals surface area contributed by atoms with Crippen LogP contribution < -0.4 is 3.71 Å². The molecule has 0 unspecified atom stereocenters. The van der Waals surface area contributed by atoms with Crippen LogP contribution in [0.4, 0.5) is 0 Å². The van der Waals surface area contributed by atoms with E-state index in [1.807, 2.05) is 6.07 Å². The molecular formula is C17H31NSSn. The molecule has 1 N–H and O–H groups in total. The molecule has 1 aromatic heterocycles. The van der Waals surface area contributed by atoms with Crippen LogP contribution >= 0.6 is 12.2 Å². The van der Waals surface area contributed by atoms with Crippen molar-refractivity contribution in [3.63, 3.8) is 0 Å². The van der Waals surface area contributed by atoms with E-state index in [-0.39, 0.29) is 0 Å². The normalized spacial score (nSPS) is 11.8. The number of nitrogens with one attached hydrogen (secondary N) is 1. The van der Waals surface area contributed by atoms with Crippen LogP contribution in [0.5, 0.6) is 0 Å². The Kier molecular flexibility index (Phi) is 9.10. The van der Waals surface area contributed by atoms with Gasteiger partial charge in [-0.15, -0.1) is 0 Å². The second-order valence-electron chi connectivity index (χ2n) is 6.02. The quantitative estimate of drug-likeness (QED) is 0.388. The first kappa shape index (κ1) is 18.2. The van der Waals surface area contributed by atoms with Crippen molar-refractivity contribution in [3.8, 4) is 0 Å². The molecule has 0 aliphatic heterocycles. The van der Waals surface area contributed by atoms with Crippen molar-refractivity contribution in [1.29, 1.82) is 0 Å². The van der Waals surface area contributed by atoms with Crippen molar-refractivity contribution in [1.82, 2.24) is 4.98 Å². The van der Waals surface area contributed by atoms with Crippen LogP contribution in [0.2, 0.25) is 13.3 Å². The molecule has 0 saturated heterocycles. The molecule has 0 radical (unpaired) electrons. The molecule has 0 spiro atoms. The average Bonchev–Trinajstić information content (AvgIpc) is 2.47. The first-order valence-electron chi connectivity index (χ1n) is 8.38. The van der Waals surface area contributed by atoms with Gasteiger partial charge in [0.1, 0.15) is 0 Å². The number of aromatic amines is 1. The third-order valence-corrected chi connectivity index (χ3v) is 19.9. The average molecular weight is 400 g/mol. The molecule has 1 aromatic rings. The Morgan fingerprint density at radius 3 is 1.80 bits per heavy atom. The summed E-state index contributed by atoms with van der Waals surface area (Å²) in [5.74, 6) is 0. The summed E-state index contributed by atoms with van der Waals surface area (Å²) in [6.45, 7) is 6.97. The van der Waals surface area contributed by atoms with E-state index < -0.39 is 18.4 Å². The van der Waals surface area contributed by atoms with Gasteiger partial charge in [0.15, 0.2) is 0 Å². The Hall–Kier alpha value is 0.169. The SMILES string of the molecule is CCC[CH2][Sn]([CH2]CCC)([CH2]CCC)[c]1cccc(=S)[nH]1. The monoisotopic (exact) mass is 401 g/mol. The summed E-state index contributed by atoms with van der Waals surface area (Å²) in [4.78, 5) is 3.58. The van der Waals surface area contributed by atoms with Crippen molar-refractivity contribution in [2.45, 2.75) is 72.6 Å². The molecule has 0 aromatic carbocycles. The summed E-state index contributed by atoms with van der Waals surface area (Å²) < 4.78 is 7.01. The van der Waals surface area contributed by atoms with Gasteiger partial charge in [-0.05, 0) is 0 Å². The molecule has 0 aliphatic rings. The minimum atomic E-state index is -2.26. The van der Waals surface area contributed by atoms with Crippen molar-refractivity contribution in [2.75, 3.05) is 0 Å². The van der Waals surface area contributed by atoms with Crippen LogP contribution in [-0.2, 0) is 0 Å². The standard InChI is InChI=1S/C5H4NS.3C4H9.Sn/c7-5-3-1-2-4-6-5;3*1-3-4-2;/h1-3H,(H,6,7);3*1,3-4H2,2H3;. The molecular weight excluding hydrogens is 369 g/mol. The van der Waals surface area contributed by atoms with Crippen molar-refractivity contribution >= 4 is 34.3 Å². The molecule has 3 heteroatoms. The van der Waals surface area contributed by atoms with E-state index in [4.69, 9.17) is 12.2 Å². The topological polar surface area (TPSA) is 15.8 Å². The fourth-order valence-electron chi connectivity index (χ4n) is 3.08. The third kappa shape index (κ3) is 5.51. The van der Waals surface area contributed by atoms with Crippen LogP contribution in [0.25, 0.3) is 0 Å². The zero-order valence-corrected chi connectivity index (χ0v) is 17.2. The van der Waals surface area contributed by atoms with Crippen molar-refractivity contribution in [3.05, 3.63) is 22.8 Å². The fraction of sp³-hybridized carbons (Fsp3) is 0.706. The summed E-state index contributed by atoms with van der Waals surface area (Å²) >= 11 is 3.12. The number of H-pyrrole nitrogens is 1. The predicted octanol–water partition coefficient (Wildman–Crippen LogP) is 5.80. The summed E-state index contributed by atoms with van der Waals surface area (Å²) in [5, 5.41) is 0. The van der Waals surface area contributed by atoms with Gasteiger partial charge in [0.25, 0.3) is 0 Å². The zero-order valence-electron chi connectivity index (χ0n) is 13.5. The second-order valence-corrected chi connectivity index (χ2v) is 19.6. The molecule has 114 valence electrons. The van der Waals surface area contributed by atoms with Gasteiger partial charge < -0.3 is 0 Å². The number of aromatic nitrogens is 1. The second kappa shape index (κ2) is 9.99. The molecule has 20 heavy (non-hydrogen) atoms. The van der Waals surface area contributed by atoms with E-state index in [0.29, 0.717) is 0 Å².